The summed E-state index contributed by atoms with van der Waals surface area (Å²) in [5.41, 5.74) is 5.78. The van der Waals surface area contributed by atoms with Crippen LogP contribution in [-0.4, -0.2) is 0 Å². The molecule has 1 aliphatic rings. The Labute approximate surface area is 61.3 Å². The third-order valence-electron chi connectivity index (χ3n) is 1.06. The molecule has 0 N–H and O–H groups in total. The first-order chi connectivity index (χ1) is 5.00. The Bertz CT molecular complexity index is 269. The second-order valence-electron chi connectivity index (χ2n) is 1.88. The molecule has 0 amide bonds. The maximum Gasteiger partial charge on any atom is 0.0133 e. The normalized spacial score (nSPS) is 17.6. The van der Waals surface area contributed by atoms with Crippen molar-refractivity contribution in [2.45, 2.75) is 12.8 Å². The van der Waals surface area contributed by atoms with Crippen molar-refractivity contribution in [3.8, 4) is 11.8 Å². The molecule has 48 valence electrons. The summed E-state index contributed by atoms with van der Waals surface area (Å²) < 4.78 is 0. The van der Waals surface area contributed by atoms with Gasteiger partial charge in [-0.2, -0.15) is 0 Å². The fraction of sp³-hybridized carbons (Fsp3) is 0.200. The summed E-state index contributed by atoms with van der Waals surface area (Å²) in [5.74, 6) is 5.90. The summed E-state index contributed by atoms with van der Waals surface area (Å²) in [7, 11) is 0. The Hall–Kier alpha value is -1.40. The molecular formula is C10H8. The third-order valence-corrected chi connectivity index (χ3v) is 1.06. The zero-order valence-corrected chi connectivity index (χ0v) is 5.72. The Morgan fingerprint density at radius 2 is 2.20 bits per heavy atom. The zero-order valence-electron chi connectivity index (χ0n) is 5.72. The van der Waals surface area contributed by atoms with Crippen molar-refractivity contribution in [2.75, 3.05) is 0 Å². The minimum atomic E-state index is 0.916. The first kappa shape index (κ1) is 6.72. The largest absolute Gasteiger partial charge is 0.0982 e. The molecule has 0 saturated heterocycles. The summed E-state index contributed by atoms with van der Waals surface area (Å²) >= 11 is 0. The predicted molar refractivity (Wildman–Crippen MR) is 42.3 cm³/mol. The minimum Gasteiger partial charge on any atom is -0.0982 e. The average Bonchev–Trinajstić information content (AvgIpc) is 2.01. The summed E-state index contributed by atoms with van der Waals surface area (Å²) in [6.45, 7) is 0. The predicted octanol–water partition coefficient (Wildman–Crippen LogP) is 2.21. The standard InChI is InChI=1S/C10H8/c1-2-4-6-8-10-9-7-5-3-1/h1-3,8H,9-10H2/b3-1-,8-2?. The average molecular weight is 128 g/mol. The van der Waals surface area contributed by atoms with E-state index in [1.165, 1.54) is 0 Å². The van der Waals surface area contributed by atoms with E-state index in [0.29, 0.717) is 0 Å². The molecule has 0 aromatic heterocycles. The van der Waals surface area contributed by atoms with Gasteiger partial charge >= 0.3 is 0 Å². The van der Waals surface area contributed by atoms with E-state index in [-0.39, 0.29) is 0 Å². The Morgan fingerprint density at radius 1 is 1.20 bits per heavy atom. The lowest BCUT2D eigenvalue weighted by molar-refractivity contribution is 1.09. The lowest BCUT2D eigenvalue weighted by Gasteiger charge is -1.77. The van der Waals surface area contributed by atoms with Gasteiger partial charge in [0.1, 0.15) is 0 Å². The zero-order chi connectivity index (χ0) is 7.07. The summed E-state index contributed by atoms with van der Waals surface area (Å²) in [5, 5.41) is 0. The molecule has 0 fully saturated rings. The Kier molecular flexibility index (Phi) is 3.01. The van der Waals surface area contributed by atoms with Crippen molar-refractivity contribution < 1.29 is 0 Å². The third kappa shape index (κ3) is 2.80. The highest BCUT2D eigenvalue weighted by Gasteiger charge is 1.72. The quantitative estimate of drug-likeness (QED) is 0.346. The van der Waals surface area contributed by atoms with Gasteiger partial charge in [-0.3, -0.25) is 0 Å². The second-order valence-corrected chi connectivity index (χ2v) is 1.88. The van der Waals surface area contributed by atoms with Crippen molar-refractivity contribution in [3.63, 3.8) is 0 Å². The molecular weight excluding hydrogens is 120 g/mol. The first-order valence-corrected chi connectivity index (χ1v) is 3.29. The highest BCUT2D eigenvalue weighted by Crippen LogP contribution is 1.87. The van der Waals surface area contributed by atoms with Crippen molar-refractivity contribution in [1.82, 2.24) is 0 Å². The Balaban J connectivity index is 2.78. The van der Waals surface area contributed by atoms with E-state index in [1.54, 1.807) is 6.08 Å². The van der Waals surface area contributed by atoms with E-state index in [0.717, 1.165) is 12.8 Å². The molecule has 0 unspecified atom stereocenters. The first-order valence-electron chi connectivity index (χ1n) is 3.29. The van der Waals surface area contributed by atoms with Crippen LogP contribution in [0.25, 0.3) is 0 Å². The van der Waals surface area contributed by atoms with Gasteiger partial charge in [-0.05, 0) is 30.7 Å². The number of hydrogen-bond donors (Lipinski definition) is 0. The number of hydrogen-bond acceptors (Lipinski definition) is 0. The van der Waals surface area contributed by atoms with Crippen molar-refractivity contribution in [1.29, 1.82) is 0 Å². The SMILES string of the molecule is C1=C=CCCC#C/C=C\C=1. The lowest BCUT2D eigenvalue weighted by Crippen LogP contribution is -1.63. The number of rotatable bonds is 0. The van der Waals surface area contributed by atoms with Crippen molar-refractivity contribution >= 4 is 0 Å². The van der Waals surface area contributed by atoms with Crippen LogP contribution in [0.5, 0.6) is 0 Å². The van der Waals surface area contributed by atoms with Gasteiger partial charge < -0.3 is 0 Å². The van der Waals surface area contributed by atoms with Gasteiger partial charge in [-0.15, -0.1) is 0 Å². The van der Waals surface area contributed by atoms with Gasteiger partial charge in [0.05, 0.1) is 0 Å². The van der Waals surface area contributed by atoms with Crippen molar-refractivity contribution in [3.05, 3.63) is 35.8 Å². The molecule has 0 aromatic carbocycles. The minimum absolute atomic E-state index is 0.916. The highest BCUT2D eigenvalue weighted by atomic mass is 13.8. The molecule has 1 rings (SSSR count). The summed E-state index contributed by atoms with van der Waals surface area (Å²) in [6, 6.07) is 0. The van der Waals surface area contributed by atoms with Crippen LogP contribution in [0, 0.1) is 11.8 Å². The van der Waals surface area contributed by atoms with Gasteiger partial charge in [0, 0.05) is 6.42 Å². The van der Waals surface area contributed by atoms with Crippen LogP contribution in [0.2, 0.25) is 0 Å². The van der Waals surface area contributed by atoms with E-state index in [1.807, 2.05) is 18.2 Å². The van der Waals surface area contributed by atoms with Crippen LogP contribution >= 0.6 is 0 Å². The van der Waals surface area contributed by atoms with E-state index in [2.05, 4.69) is 23.3 Å². The van der Waals surface area contributed by atoms with E-state index in [9.17, 15) is 0 Å². The monoisotopic (exact) mass is 128 g/mol. The van der Waals surface area contributed by atoms with Crippen LogP contribution < -0.4 is 0 Å². The van der Waals surface area contributed by atoms with Gasteiger partial charge in [0.25, 0.3) is 0 Å². The smallest absolute Gasteiger partial charge is 0.0133 e. The van der Waals surface area contributed by atoms with E-state index >= 15 is 0 Å². The molecule has 0 heteroatoms. The maximum absolute atomic E-state index is 3.00. The maximum atomic E-state index is 3.00. The molecule has 0 aromatic rings. The van der Waals surface area contributed by atoms with Crippen LogP contribution in [0.1, 0.15) is 12.8 Å². The van der Waals surface area contributed by atoms with E-state index < -0.39 is 0 Å². The molecule has 0 spiro atoms. The molecule has 1 aliphatic carbocycles. The number of allylic oxidation sites excluding steroid dienone is 4. The molecule has 0 saturated carbocycles. The molecule has 0 aliphatic heterocycles. The van der Waals surface area contributed by atoms with Gasteiger partial charge in [-0.25, -0.2) is 0 Å². The highest BCUT2D eigenvalue weighted by molar-refractivity contribution is 5.20. The van der Waals surface area contributed by atoms with Gasteiger partial charge in [0.15, 0.2) is 0 Å². The van der Waals surface area contributed by atoms with Crippen LogP contribution in [-0.2, 0) is 0 Å². The molecule has 0 nitrogen and oxygen atoms in total. The topological polar surface area (TPSA) is 0 Å². The van der Waals surface area contributed by atoms with Crippen LogP contribution in [0.3, 0.4) is 0 Å². The fourth-order valence-corrected chi connectivity index (χ4v) is 0.599. The van der Waals surface area contributed by atoms with Crippen molar-refractivity contribution in [2.24, 2.45) is 0 Å². The summed E-state index contributed by atoms with van der Waals surface area (Å²) in [6.07, 6.45) is 9.32. The van der Waals surface area contributed by atoms with Gasteiger partial charge in [0.2, 0.25) is 0 Å². The second kappa shape index (κ2) is 4.48. The van der Waals surface area contributed by atoms with Gasteiger partial charge in [-0.1, -0.05) is 23.3 Å². The summed E-state index contributed by atoms with van der Waals surface area (Å²) in [4.78, 5) is 0. The van der Waals surface area contributed by atoms with E-state index in [4.69, 9.17) is 0 Å². The molecule has 0 atom stereocenters. The molecule has 10 heavy (non-hydrogen) atoms. The molecule has 0 radical (unpaired) electrons. The van der Waals surface area contributed by atoms with Crippen LogP contribution in [0.15, 0.2) is 35.8 Å². The molecule has 0 heterocycles. The fourth-order valence-electron chi connectivity index (χ4n) is 0.599. The lowest BCUT2D eigenvalue weighted by atomic mass is 10.3. The Morgan fingerprint density at radius 3 is 3.20 bits per heavy atom. The van der Waals surface area contributed by atoms with Crippen LogP contribution in [0.4, 0.5) is 0 Å². The molecule has 0 bridgehead atoms.